The number of carbonyl (C=O) groups is 2. The first-order valence-corrected chi connectivity index (χ1v) is 11.8. The molecule has 2 aromatic carbocycles. The normalized spacial score (nSPS) is 11.7. The highest BCUT2D eigenvalue weighted by atomic mass is 35.5. The van der Waals surface area contributed by atoms with Crippen LogP contribution in [0.15, 0.2) is 53.4 Å². The van der Waals surface area contributed by atoms with Gasteiger partial charge in [0.25, 0.3) is 0 Å². The van der Waals surface area contributed by atoms with Gasteiger partial charge in [0.2, 0.25) is 11.8 Å². The number of hydrogen-bond donors (Lipinski definition) is 1. The van der Waals surface area contributed by atoms with Gasteiger partial charge < -0.3 is 10.2 Å². The van der Waals surface area contributed by atoms with Crippen molar-refractivity contribution < 1.29 is 9.59 Å². The zero-order chi connectivity index (χ0) is 21.9. The Bertz CT molecular complexity index is 813. The molecule has 0 unspecified atom stereocenters. The van der Waals surface area contributed by atoms with Crippen LogP contribution in [-0.2, 0) is 16.1 Å². The van der Waals surface area contributed by atoms with E-state index in [4.69, 9.17) is 23.2 Å². The van der Waals surface area contributed by atoms with Crippen LogP contribution in [0.2, 0.25) is 10.0 Å². The summed E-state index contributed by atoms with van der Waals surface area (Å²) < 4.78 is 0. The standard InChI is InChI=1S/C23H28Cl2N2O2S/c1-3-4-14-26-23(29)17(2)27(16-18-5-7-19(24)8-6-18)22(28)13-15-30-21-11-9-20(25)10-12-21/h5-12,17H,3-4,13-16H2,1-2H3,(H,26,29)/t17-/m0/s1. The Labute approximate surface area is 193 Å². The van der Waals surface area contributed by atoms with E-state index in [0.29, 0.717) is 35.3 Å². The molecule has 0 spiro atoms. The summed E-state index contributed by atoms with van der Waals surface area (Å²) in [5.41, 5.74) is 0.936. The lowest BCUT2D eigenvalue weighted by Crippen LogP contribution is -2.47. The molecule has 30 heavy (non-hydrogen) atoms. The number of halogens is 2. The van der Waals surface area contributed by atoms with Crippen molar-refractivity contribution in [2.75, 3.05) is 12.3 Å². The molecular weight excluding hydrogens is 439 g/mol. The maximum atomic E-state index is 13.0. The summed E-state index contributed by atoms with van der Waals surface area (Å²) in [6, 6.07) is 14.3. The Kier molecular flexibility index (Phi) is 10.6. The molecule has 1 N–H and O–H groups in total. The minimum atomic E-state index is -0.550. The fraction of sp³-hybridized carbons (Fsp3) is 0.391. The van der Waals surface area contributed by atoms with Crippen molar-refractivity contribution in [1.29, 1.82) is 0 Å². The summed E-state index contributed by atoms with van der Waals surface area (Å²) >= 11 is 13.5. The predicted octanol–water partition coefficient (Wildman–Crippen LogP) is 5.81. The number of carbonyl (C=O) groups excluding carboxylic acids is 2. The number of nitrogens with zero attached hydrogens (tertiary/aromatic N) is 1. The zero-order valence-corrected chi connectivity index (χ0v) is 19.7. The lowest BCUT2D eigenvalue weighted by molar-refractivity contribution is -0.140. The highest BCUT2D eigenvalue weighted by molar-refractivity contribution is 7.99. The van der Waals surface area contributed by atoms with Gasteiger partial charge >= 0.3 is 0 Å². The first kappa shape index (κ1) is 24.6. The zero-order valence-electron chi connectivity index (χ0n) is 17.4. The predicted molar refractivity (Wildman–Crippen MR) is 126 cm³/mol. The van der Waals surface area contributed by atoms with Gasteiger partial charge in [-0.05, 0) is 55.3 Å². The molecule has 0 bridgehead atoms. The van der Waals surface area contributed by atoms with Gasteiger partial charge in [0.05, 0.1) is 0 Å². The van der Waals surface area contributed by atoms with E-state index in [9.17, 15) is 9.59 Å². The van der Waals surface area contributed by atoms with E-state index in [-0.39, 0.29) is 11.8 Å². The minimum absolute atomic E-state index is 0.0513. The summed E-state index contributed by atoms with van der Waals surface area (Å²) in [7, 11) is 0. The molecule has 2 amide bonds. The Morgan fingerprint density at radius 1 is 1.03 bits per heavy atom. The molecular formula is C23H28Cl2N2O2S. The van der Waals surface area contributed by atoms with Crippen LogP contribution in [0.25, 0.3) is 0 Å². The molecule has 7 heteroatoms. The Morgan fingerprint density at radius 3 is 2.23 bits per heavy atom. The van der Waals surface area contributed by atoms with Crippen LogP contribution in [0.3, 0.4) is 0 Å². The Morgan fingerprint density at radius 2 is 1.63 bits per heavy atom. The largest absolute Gasteiger partial charge is 0.354 e. The second-order valence-corrected chi connectivity index (χ2v) is 9.06. The first-order valence-electron chi connectivity index (χ1n) is 10.1. The molecule has 4 nitrogen and oxygen atoms in total. The van der Waals surface area contributed by atoms with Gasteiger partial charge in [0.1, 0.15) is 6.04 Å². The van der Waals surface area contributed by atoms with Crippen molar-refractivity contribution in [2.45, 2.75) is 50.6 Å². The average molecular weight is 467 g/mol. The van der Waals surface area contributed by atoms with Crippen LogP contribution in [0.4, 0.5) is 0 Å². The van der Waals surface area contributed by atoms with Crippen LogP contribution in [0.1, 0.15) is 38.7 Å². The second kappa shape index (κ2) is 12.9. The van der Waals surface area contributed by atoms with E-state index >= 15 is 0 Å². The molecule has 0 aromatic heterocycles. The number of nitrogens with one attached hydrogen (secondary N) is 1. The van der Waals surface area contributed by atoms with Gasteiger partial charge in [0, 0.05) is 40.2 Å². The third-order valence-electron chi connectivity index (χ3n) is 4.66. The van der Waals surface area contributed by atoms with Crippen LogP contribution in [-0.4, -0.2) is 35.1 Å². The van der Waals surface area contributed by atoms with E-state index < -0.39 is 6.04 Å². The van der Waals surface area contributed by atoms with Crippen LogP contribution in [0.5, 0.6) is 0 Å². The van der Waals surface area contributed by atoms with Crippen LogP contribution >= 0.6 is 35.0 Å². The Hall–Kier alpha value is -1.69. The van der Waals surface area contributed by atoms with E-state index in [0.717, 1.165) is 23.3 Å². The van der Waals surface area contributed by atoms with Gasteiger partial charge in [-0.2, -0.15) is 0 Å². The van der Waals surface area contributed by atoms with Gasteiger partial charge in [0.15, 0.2) is 0 Å². The quantitative estimate of drug-likeness (QED) is 0.335. The Balaban J connectivity index is 2.02. The fourth-order valence-electron chi connectivity index (χ4n) is 2.84. The highest BCUT2D eigenvalue weighted by Gasteiger charge is 2.25. The van der Waals surface area contributed by atoms with Crippen molar-refractivity contribution >= 4 is 46.8 Å². The summed E-state index contributed by atoms with van der Waals surface area (Å²) in [6.07, 6.45) is 2.26. The third-order valence-corrected chi connectivity index (χ3v) is 6.18. The number of hydrogen-bond acceptors (Lipinski definition) is 3. The molecule has 0 saturated heterocycles. The van der Waals surface area contributed by atoms with Crippen molar-refractivity contribution in [3.8, 4) is 0 Å². The van der Waals surface area contributed by atoms with Gasteiger partial charge in [-0.25, -0.2) is 0 Å². The number of benzene rings is 2. The highest BCUT2D eigenvalue weighted by Crippen LogP contribution is 2.22. The topological polar surface area (TPSA) is 49.4 Å². The van der Waals surface area contributed by atoms with Crippen LogP contribution in [0, 0.1) is 0 Å². The van der Waals surface area contributed by atoms with E-state index in [2.05, 4.69) is 12.2 Å². The van der Waals surface area contributed by atoms with E-state index in [1.165, 1.54) is 0 Å². The average Bonchev–Trinajstić information content (AvgIpc) is 2.74. The number of amides is 2. The molecule has 0 heterocycles. The SMILES string of the molecule is CCCCNC(=O)[C@H](C)N(Cc1ccc(Cl)cc1)C(=O)CCSc1ccc(Cl)cc1. The van der Waals surface area contributed by atoms with Crippen molar-refractivity contribution in [1.82, 2.24) is 10.2 Å². The van der Waals surface area contributed by atoms with Crippen molar-refractivity contribution in [3.05, 3.63) is 64.1 Å². The van der Waals surface area contributed by atoms with Crippen molar-refractivity contribution in [2.24, 2.45) is 0 Å². The van der Waals surface area contributed by atoms with Gasteiger partial charge in [-0.1, -0.05) is 48.7 Å². The van der Waals surface area contributed by atoms with Gasteiger partial charge in [-0.15, -0.1) is 11.8 Å². The summed E-state index contributed by atoms with van der Waals surface area (Å²) in [5, 5.41) is 4.26. The molecule has 0 saturated carbocycles. The lowest BCUT2D eigenvalue weighted by atomic mass is 10.1. The molecule has 2 aromatic rings. The maximum absolute atomic E-state index is 13.0. The molecule has 0 radical (unpaired) electrons. The van der Waals surface area contributed by atoms with Gasteiger partial charge in [-0.3, -0.25) is 9.59 Å². The lowest BCUT2D eigenvalue weighted by Gasteiger charge is -2.29. The monoisotopic (exact) mass is 466 g/mol. The van der Waals surface area contributed by atoms with Crippen molar-refractivity contribution in [3.63, 3.8) is 0 Å². The molecule has 2 rings (SSSR count). The number of unbranched alkanes of at least 4 members (excludes halogenated alkanes) is 1. The van der Waals surface area contributed by atoms with E-state index in [1.54, 1.807) is 35.7 Å². The summed E-state index contributed by atoms with van der Waals surface area (Å²) in [6.45, 7) is 4.84. The molecule has 0 aliphatic rings. The smallest absolute Gasteiger partial charge is 0.242 e. The number of thioether (sulfide) groups is 1. The minimum Gasteiger partial charge on any atom is -0.354 e. The molecule has 0 aliphatic carbocycles. The van der Waals surface area contributed by atoms with E-state index in [1.807, 2.05) is 36.4 Å². The summed E-state index contributed by atoms with van der Waals surface area (Å²) in [4.78, 5) is 28.3. The fourth-order valence-corrected chi connectivity index (χ4v) is 3.93. The molecule has 162 valence electrons. The first-order chi connectivity index (χ1) is 14.4. The molecule has 0 aliphatic heterocycles. The third kappa shape index (κ3) is 8.21. The number of rotatable bonds is 11. The molecule has 0 fully saturated rings. The maximum Gasteiger partial charge on any atom is 0.242 e. The van der Waals surface area contributed by atoms with Crippen LogP contribution < -0.4 is 5.32 Å². The molecule has 1 atom stereocenters. The summed E-state index contributed by atoms with van der Waals surface area (Å²) in [5.74, 6) is 0.447. The second-order valence-electron chi connectivity index (χ2n) is 7.02.